The minimum absolute atomic E-state index is 0.373. The van der Waals surface area contributed by atoms with E-state index in [1.54, 1.807) is 0 Å². The molecule has 1 aliphatic rings. The normalized spacial score (nSPS) is 12.0. The van der Waals surface area contributed by atoms with Gasteiger partial charge in [-0.15, -0.1) is 0 Å². The summed E-state index contributed by atoms with van der Waals surface area (Å²) in [7, 11) is 0. The Labute approximate surface area is 171 Å². The molecule has 166 valence electrons. The van der Waals surface area contributed by atoms with Gasteiger partial charge in [-0.3, -0.25) is 0 Å². The van der Waals surface area contributed by atoms with Gasteiger partial charge >= 0.3 is 0 Å². The fourth-order valence-electron chi connectivity index (χ4n) is 2.86. The van der Waals surface area contributed by atoms with Crippen LogP contribution in [0.2, 0.25) is 0 Å². The average molecular weight is 389 g/mol. The molecule has 0 saturated carbocycles. The first-order chi connectivity index (χ1) is 13.3. The summed E-state index contributed by atoms with van der Waals surface area (Å²) in [6.07, 6.45) is 22.2. The minimum atomic E-state index is 0.373. The highest BCUT2D eigenvalue weighted by molar-refractivity contribution is 4.49. The summed E-state index contributed by atoms with van der Waals surface area (Å²) >= 11 is 0. The van der Waals surface area contributed by atoms with Crippen molar-refractivity contribution >= 4 is 0 Å². The van der Waals surface area contributed by atoms with Crippen LogP contribution in [0.1, 0.15) is 124 Å². The van der Waals surface area contributed by atoms with Crippen LogP contribution in [0, 0.1) is 0 Å². The molecule has 0 atom stereocenters. The second-order valence-corrected chi connectivity index (χ2v) is 7.42. The number of unbranched alkanes of at least 4 members (excludes halogenated alkanes) is 15. The first-order valence-corrected chi connectivity index (χ1v) is 12.1. The largest absolute Gasteiger partial charge is 0.396 e. The third-order valence-corrected chi connectivity index (χ3v) is 4.62. The predicted molar refractivity (Wildman–Crippen MR) is 120 cm³/mol. The summed E-state index contributed by atoms with van der Waals surface area (Å²) in [5.74, 6) is 0. The molecule has 0 aromatic rings. The Bertz CT molecular complexity index is 199. The lowest BCUT2D eigenvalue weighted by atomic mass is 10.0. The van der Waals surface area contributed by atoms with Gasteiger partial charge in [0.25, 0.3) is 0 Å². The lowest BCUT2D eigenvalue weighted by molar-refractivity contribution is 0.162. The van der Waals surface area contributed by atoms with Crippen LogP contribution in [-0.2, 0) is 9.47 Å². The number of aliphatic hydroxyl groups excluding tert-OH is 1. The minimum Gasteiger partial charge on any atom is -0.396 e. The van der Waals surface area contributed by atoms with Crippen molar-refractivity contribution < 1.29 is 14.6 Å². The maximum absolute atomic E-state index is 8.67. The van der Waals surface area contributed by atoms with E-state index in [0.717, 1.165) is 32.8 Å². The van der Waals surface area contributed by atoms with E-state index in [2.05, 4.69) is 11.7 Å². The highest BCUT2D eigenvalue weighted by Crippen LogP contribution is 2.13. The van der Waals surface area contributed by atoms with Gasteiger partial charge in [0.05, 0.1) is 13.2 Å². The molecule has 0 aliphatic carbocycles. The number of aliphatic hydroxyl groups is 1. The van der Waals surface area contributed by atoms with Crippen molar-refractivity contribution in [3.8, 4) is 0 Å². The highest BCUT2D eigenvalue weighted by atomic mass is 16.6. The fourth-order valence-corrected chi connectivity index (χ4v) is 2.86. The maximum Gasteiger partial charge on any atom is 0.0701 e. The van der Waals surface area contributed by atoms with Crippen molar-refractivity contribution in [2.75, 3.05) is 33.0 Å². The Balaban J connectivity index is 0. The number of ether oxygens (including phenoxy) is 2. The molecule has 27 heavy (non-hydrogen) atoms. The number of hydrogen-bond acceptors (Lipinski definition) is 3. The molecule has 3 heteroatoms. The summed E-state index contributed by atoms with van der Waals surface area (Å²) in [6.45, 7) is 10.3. The second kappa shape index (κ2) is 30.6. The highest BCUT2D eigenvalue weighted by Gasteiger charge is 1.94. The zero-order chi connectivity index (χ0) is 20.3. The van der Waals surface area contributed by atoms with Crippen LogP contribution in [0.4, 0.5) is 0 Å². The van der Waals surface area contributed by atoms with Crippen molar-refractivity contribution in [1.29, 1.82) is 0 Å². The standard InChI is InChI=1S/C18H38O.C4H10O.C2H4O/c1-2-3-4-5-6-7-8-9-10-11-12-13-14-15-16-17-18-19;1-3-5-4-2;1-2-3-1/h19H,2-18H2,1H3;3-4H2,1-2H3;1-2H2. The van der Waals surface area contributed by atoms with E-state index < -0.39 is 0 Å². The van der Waals surface area contributed by atoms with E-state index in [1.807, 2.05) is 13.8 Å². The van der Waals surface area contributed by atoms with Gasteiger partial charge in [-0.05, 0) is 20.3 Å². The number of hydrogen-bond donors (Lipinski definition) is 1. The number of epoxide rings is 1. The van der Waals surface area contributed by atoms with E-state index in [-0.39, 0.29) is 0 Å². The van der Waals surface area contributed by atoms with Crippen LogP contribution >= 0.6 is 0 Å². The smallest absolute Gasteiger partial charge is 0.0701 e. The Kier molecular flexibility index (Phi) is 33.0. The van der Waals surface area contributed by atoms with Crippen LogP contribution in [0.3, 0.4) is 0 Å². The Morgan fingerprint density at radius 3 is 1.04 bits per heavy atom. The summed E-state index contributed by atoms with van der Waals surface area (Å²) in [4.78, 5) is 0. The zero-order valence-corrected chi connectivity index (χ0v) is 19.1. The Morgan fingerprint density at radius 1 is 0.556 bits per heavy atom. The molecule has 1 heterocycles. The van der Waals surface area contributed by atoms with E-state index in [1.165, 1.54) is 96.3 Å². The van der Waals surface area contributed by atoms with Crippen LogP contribution in [0.15, 0.2) is 0 Å². The fraction of sp³-hybridized carbons (Fsp3) is 1.00. The molecule has 0 amide bonds. The van der Waals surface area contributed by atoms with E-state index in [4.69, 9.17) is 9.84 Å². The van der Waals surface area contributed by atoms with Gasteiger partial charge in [-0.25, -0.2) is 0 Å². The van der Waals surface area contributed by atoms with Crippen LogP contribution in [-0.4, -0.2) is 38.1 Å². The van der Waals surface area contributed by atoms with Crippen LogP contribution < -0.4 is 0 Å². The lowest BCUT2D eigenvalue weighted by Crippen LogP contribution is -1.85. The molecule has 1 rings (SSSR count). The molecule has 0 aromatic heterocycles. The molecule has 0 unspecified atom stereocenters. The summed E-state index contributed by atoms with van der Waals surface area (Å²) in [6, 6.07) is 0. The summed E-state index contributed by atoms with van der Waals surface area (Å²) in [5, 5.41) is 8.67. The Morgan fingerprint density at radius 2 is 0.852 bits per heavy atom. The topological polar surface area (TPSA) is 42.0 Å². The molecule has 1 N–H and O–H groups in total. The van der Waals surface area contributed by atoms with Crippen LogP contribution in [0.5, 0.6) is 0 Å². The molecular formula is C24H52O3. The van der Waals surface area contributed by atoms with E-state index >= 15 is 0 Å². The number of rotatable bonds is 18. The summed E-state index contributed by atoms with van der Waals surface area (Å²) < 4.78 is 9.33. The molecule has 1 aliphatic heterocycles. The zero-order valence-electron chi connectivity index (χ0n) is 19.1. The average Bonchev–Trinajstić information content (AvgIpc) is 3.55. The molecule has 1 fully saturated rings. The van der Waals surface area contributed by atoms with Crippen molar-refractivity contribution in [3.63, 3.8) is 0 Å². The van der Waals surface area contributed by atoms with Gasteiger partial charge < -0.3 is 14.6 Å². The van der Waals surface area contributed by atoms with Crippen molar-refractivity contribution in [3.05, 3.63) is 0 Å². The first-order valence-electron chi connectivity index (χ1n) is 12.1. The molecule has 0 aromatic carbocycles. The van der Waals surface area contributed by atoms with Gasteiger partial charge in [0, 0.05) is 19.8 Å². The quantitative estimate of drug-likeness (QED) is 0.198. The summed E-state index contributed by atoms with van der Waals surface area (Å²) in [5.41, 5.74) is 0. The van der Waals surface area contributed by atoms with Gasteiger partial charge in [-0.2, -0.15) is 0 Å². The van der Waals surface area contributed by atoms with Gasteiger partial charge in [0.2, 0.25) is 0 Å². The Hall–Kier alpha value is -0.120. The molecule has 0 spiro atoms. The van der Waals surface area contributed by atoms with Crippen molar-refractivity contribution in [1.82, 2.24) is 0 Å². The second-order valence-electron chi connectivity index (χ2n) is 7.42. The molecular weight excluding hydrogens is 336 g/mol. The third kappa shape index (κ3) is 41.4. The van der Waals surface area contributed by atoms with Gasteiger partial charge in [-0.1, -0.05) is 103 Å². The van der Waals surface area contributed by atoms with E-state index in [9.17, 15) is 0 Å². The molecule has 0 bridgehead atoms. The van der Waals surface area contributed by atoms with Crippen LogP contribution in [0.25, 0.3) is 0 Å². The maximum atomic E-state index is 8.67. The van der Waals surface area contributed by atoms with Gasteiger partial charge in [0.15, 0.2) is 0 Å². The van der Waals surface area contributed by atoms with Crippen molar-refractivity contribution in [2.45, 2.75) is 124 Å². The molecule has 3 nitrogen and oxygen atoms in total. The SMILES string of the molecule is C1CO1.CCCCCCCCCCCCCCCCCCO.CCOCC. The first kappa shape index (κ1) is 29.1. The predicted octanol–water partition coefficient (Wildman–Crippen LogP) is 7.30. The molecule has 1 saturated heterocycles. The lowest BCUT2D eigenvalue weighted by Gasteiger charge is -2.03. The molecule has 0 radical (unpaired) electrons. The monoisotopic (exact) mass is 388 g/mol. The van der Waals surface area contributed by atoms with E-state index in [0.29, 0.717) is 6.61 Å². The van der Waals surface area contributed by atoms with Crippen molar-refractivity contribution in [2.24, 2.45) is 0 Å². The van der Waals surface area contributed by atoms with Gasteiger partial charge in [0.1, 0.15) is 0 Å². The third-order valence-electron chi connectivity index (χ3n) is 4.62.